The molecule has 2 rings (SSSR count). The maximum Gasteiger partial charge on any atom is 0.308 e. The van der Waals surface area contributed by atoms with Crippen molar-refractivity contribution in [3.05, 3.63) is 59.7 Å². The van der Waals surface area contributed by atoms with Crippen LogP contribution in [0.25, 0.3) is 0 Å². The van der Waals surface area contributed by atoms with Crippen LogP contribution in [0, 0.1) is 0 Å². The number of benzene rings is 2. The van der Waals surface area contributed by atoms with Gasteiger partial charge >= 0.3 is 5.97 Å². The molecule has 2 aromatic rings. The number of ether oxygens (including phenoxy) is 1. The lowest BCUT2D eigenvalue weighted by atomic mass is 10.1. The molecule has 0 aliphatic heterocycles. The lowest BCUT2D eigenvalue weighted by Gasteiger charge is -2.36. The summed E-state index contributed by atoms with van der Waals surface area (Å²) in [4.78, 5) is 23.8. The van der Waals surface area contributed by atoms with Crippen LogP contribution in [-0.4, -0.2) is 20.2 Å². The van der Waals surface area contributed by atoms with Gasteiger partial charge in [0.15, 0.2) is 8.32 Å². The zero-order valence-electron chi connectivity index (χ0n) is 17.5. The van der Waals surface area contributed by atoms with Crippen molar-refractivity contribution in [3.63, 3.8) is 0 Å². The second-order valence-electron chi connectivity index (χ2n) is 8.29. The molecule has 5 nitrogen and oxygen atoms in total. The van der Waals surface area contributed by atoms with Gasteiger partial charge in [-0.15, -0.1) is 0 Å². The first-order valence-electron chi connectivity index (χ1n) is 9.31. The Bertz CT molecular complexity index is 838. The van der Waals surface area contributed by atoms with Gasteiger partial charge in [0.2, 0.25) is 0 Å². The minimum atomic E-state index is -1.80. The van der Waals surface area contributed by atoms with E-state index in [9.17, 15) is 9.59 Å². The van der Waals surface area contributed by atoms with Gasteiger partial charge in [0.1, 0.15) is 5.75 Å². The number of esters is 1. The Morgan fingerprint density at radius 1 is 1.00 bits per heavy atom. The van der Waals surface area contributed by atoms with Gasteiger partial charge < -0.3 is 14.5 Å². The van der Waals surface area contributed by atoms with E-state index >= 15 is 0 Å². The van der Waals surface area contributed by atoms with Gasteiger partial charge in [-0.3, -0.25) is 9.59 Å². The van der Waals surface area contributed by atoms with Gasteiger partial charge in [0.05, 0.1) is 12.2 Å². The quantitative estimate of drug-likeness (QED) is 0.402. The summed E-state index contributed by atoms with van der Waals surface area (Å²) >= 11 is 0. The summed E-state index contributed by atoms with van der Waals surface area (Å²) in [5, 5.41) is 3.00. The molecule has 150 valence electrons. The molecule has 0 saturated heterocycles. The predicted octanol–water partition coefficient (Wildman–Crippen LogP) is 5.39. The summed E-state index contributed by atoms with van der Waals surface area (Å²) in [7, 11) is -1.80. The minimum absolute atomic E-state index is 0.163. The van der Waals surface area contributed by atoms with Gasteiger partial charge in [-0.1, -0.05) is 45.0 Å². The van der Waals surface area contributed by atoms with Crippen molar-refractivity contribution in [2.75, 3.05) is 5.32 Å². The first-order valence-corrected chi connectivity index (χ1v) is 12.2. The Morgan fingerprint density at radius 2 is 1.61 bits per heavy atom. The fraction of sp³-hybridized carbons (Fsp3) is 0.364. The molecule has 0 saturated carbocycles. The molecule has 0 aromatic heterocycles. The zero-order chi connectivity index (χ0) is 20.9. The number of para-hydroxylation sites is 1. The average molecular weight is 400 g/mol. The van der Waals surface area contributed by atoms with Gasteiger partial charge in [-0.25, -0.2) is 0 Å². The maximum absolute atomic E-state index is 12.5. The minimum Gasteiger partial charge on any atom is -0.426 e. The van der Waals surface area contributed by atoms with E-state index in [1.54, 1.807) is 24.3 Å². The number of rotatable bonds is 6. The molecule has 0 atom stereocenters. The molecular formula is C22H29NO4Si. The first kappa shape index (κ1) is 21.9. The van der Waals surface area contributed by atoms with Crippen LogP contribution in [0.3, 0.4) is 0 Å². The van der Waals surface area contributed by atoms with E-state index in [0.29, 0.717) is 17.9 Å². The molecule has 0 aliphatic carbocycles. The lowest BCUT2D eigenvalue weighted by Crippen LogP contribution is -2.40. The zero-order valence-corrected chi connectivity index (χ0v) is 18.5. The van der Waals surface area contributed by atoms with Crippen LogP contribution in [0.1, 0.15) is 43.6 Å². The van der Waals surface area contributed by atoms with E-state index in [-0.39, 0.29) is 16.7 Å². The van der Waals surface area contributed by atoms with E-state index in [1.807, 2.05) is 24.3 Å². The van der Waals surface area contributed by atoms with E-state index in [1.165, 1.54) is 6.92 Å². The van der Waals surface area contributed by atoms with Crippen LogP contribution >= 0.6 is 0 Å². The lowest BCUT2D eigenvalue weighted by molar-refractivity contribution is -0.131. The summed E-state index contributed by atoms with van der Waals surface area (Å²) in [5.74, 6) is -0.555. The third-order valence-corrected chi connectivity index (χ3v) is 9.48. The molecule has 0 aliphatic rings. The Balaban J connectivity index is 2.03. The van der Waals surface area contributed by atoms with Gasteiger partial charge in [0.25, 0.3) is 5.91 Å². The number of nitrogens with one attached hydrogen (secondary N) is 1. The van der Waals surface area contributed by atoms with Crippen LogP contribution in [0.2, 0.25) is 18.1 Å². The summed E-state index contributed by atoms with van der Waals surface area (Å²) in [6.07, 6.45) is 0. The van der Waals surface area contributed by atoms with E-state index < -0.39 is 14.3 Å². The SMILES string of the molecule is CC(=O)Oc1ccccc1C(=O)Nc1ccc(CO[Si](C)(C)C(C)(C)C)cc1. The molecule has 2 aromatic carbocycles. The maximum atomic E-state index is 12.5. The van der Waals surface area contributed by atoms with Crippen molar-refractivity contribution < 1.29 is 18.8 Å². The number of hydrogen-bond acceptors (Lipinski definition) is 4. The van der Waals surface area contributed by atoms with E-state index in [0.717, 1.165) is 5.56 Å². The highest BCUT2D eigenvalue weighted by Gasteiger charge is 2.36. The van der Waals surface area contributed by atoms with Crippen molar-refractivity contribution in [1.29, 1.82) is 0 Å². The third-order valence-electron chi connectivity index (χ3n) is 5.00. The van der Waals surface area contributed by atoms with Crippen LogP contribution in [0.4, 0.5) is 5.69 Å². The van der Waals surface area contributed by atoms with Crippen molar-refractivity contribution in [3.8, 4) is 5.75 Å². The predicted molar refractivity (Wildman–Crippen MR) is 114 cm³/mol. The molecule has 0 unspecified atom stereocenters. The summed E-state index contributed by atoms with van der Waals surface area (Å²) < 4.78 is 11.3. The summed E-state index contributed by atoms with van der Waals surface area (Å²) in [5.41, 5.74) is 2.03. The standard InChI is InChI=1S/C22H29NO4Si/c1-16(24)27-20-10-8-7-9-19(20)21(25)23-18-13-11-17(12-14-18)15-26-28(5,6)22(2,3)4/h7-14H,15H2,1-6H3,(H,23,25). The molecule has 1 N–H and O–H groups in total. The Morgan fingerprint density at radius 3 is 2.18 bits per heavy atom. The van der Waals surface area contributed by atoms with Crippen LogP contribution < -0.4 is 10.1 Å². The van der Waals surface area contributed by atoms with Crippen LogP contribution in [0.5, 0.6) is 5.75 Å². The fourth-order valence-electron chi connectivity index (χ4n) is 2.26. The highest BCUT2D eigenvalue weighted by molar-refractivity contribution is 6.74. The number of carbonyl (C=O) groups excluding carboxylic acids is 2. The molecule has 0 heterocycles. The van der Waals surface area contributed by atoms with E-state index in [2.05, 4.69) is 39.2 Å². The highest BCUT2D eigenvalue weighted by atomic mass is 28.4. The van der Waals surface area contributed by atoms with Gasteiger partial charge in [0, 0.05) is 12.6 Å². The summed E-state index contributed by atoms with van der Waals surface area (Å²) in [6, 6.07) is 14.2. The largest absolute Gasteiger partial charge is 0.426 e. The second kappa shape index (κ2) is 8.71. The van der Waals surface area contributed by atoms with E-state index in [4.69, 9.17) is 9.16 Å². The van der Waals surface area contributed by atoms with Gasteiger partial charge in [-0.2, -0.15) is 0 Å². The topological polar surface area (TPSA) is 64.6 Å². The number of anilines is 1. The van der Waals surface area contributed by atoms with Crippen molar-refractivity contribution in [1.82, 2.24) is 0 Å². The molecular weight excluding hydrogens is 370 g/mol. The normalized spacial score (nSPS) is 11.8. The smallest absolute Gasteiger partial charge is 0.308 e. The van der Waals surface area contributed by atoms with Crippen molar-refractivity contribution >= 4 is 25.9 Å². The second-order valence-corrected chi connectivity index (χ2v) is 13.1. The van der Waals surface area contributed by atoms with Gasteiger partial charge in [-0.05, 0) is 48.0 Å². The molecule has 0 radical (unpaired) electrons. The molecule has 0 fully saturated rings. The highest BCUT2D eigenvalue weighted by Crippen LogP contribution is 2.37. The third kappa shape index (κ3) is 5.78. The van der Waals surface area contributed by atoms with Crippen LogP contribution in [0.15, 0.2) is 48.5 Å². The fourth-order valence-corrected chi connectivity index (χ4v) is 3.22. The number of carbonyl (C=O) groups is 2. The number of hydrogen-bond donors (Lipinski definition) is 1. The number of amides is 1. The van der Waals surface area contributed by atoms with Crippen LogP contribution in [-0.2, 0) is 15.8 Å². The molecule has 28 heavy (non-hydrogen) atoms. The average Bonchev–Trinajstić information content (AvgIpc) is 2.60. The molecule has 0 bridgehead atoms. The molecule has 6 heteroatoms. The summed E-state index contributed by atoms with van der Waals surface area (Å²) in [6.45, 7) is 13.0. The Hall–Kier alpha value is -2.44. The van der Waals surface area contributed by atoms with Crippen molar-refractivity contribution in [2.24, 2.45) is 0 Å². The van der Waals surface area contributed by atoms with Crippen molar-refractivity contribution in [2.45, 2.75) is 52.4 Å². The first-order chi connectivity index (χ1) is 13.0. The molecule has 1 amide bonds. The Labute approximate surface area is 168 Å². The Kier molecular flexibility index (Phi) is 6.80. The molecule has 0 spiro atoms. The monoisotopic (exact) mass is 399 g/mol.